The zero-order chi connectivity index (χ0) is 16.4. The highest BCUT2D eigenvalue weighted by molar-refractivity contribution is 5.75. The van der Waals surface area contributed by atoms with Crippen molar-refractivity contribution < 1.29 is 5.11 Å². The van der Waals surface area contributed by atoms with Gasteiger partial charge in [0.1, 0.15) is 11.6 Å². The third-order valence-electron chi connectivity index (χ3n) is 4.27. The first-order valence-corrected chi connectivity index (χ1v) is 8.13. The number of aromatic nitrogens is 4. The average molecular weight is 324 g/mol. The highest BCUT2D eigenvalue weighted by atomic mass is 16.3. The summed E-state index contributed by atoms with van der Waals surface area (Å²) in [6, 6.07) is 7.83. The van der Waals surface area contributed by atoms with Gasteiger partial charge in [-0.2, -0.15) is 0 Å². The molecule has 7 nitrogen and oxygen atoms in total. The number of nitrogens with one attached hydrogen (secondary N) is 1. The molecule has 1 aliphatic heterocycles. The molecule has 3 aromatic rings. The van der Waals surface area contributed by atoms with Gasteiger partial charge in [0, 0.05) is 38.6 Å². The number of imidazole rings is 1. The molecule has 2 N–H and O–H groups in total. The Morgan fingerprint density at radius 1 is 1.12 bits per heavy atom. The minimum absolute atomic E-state index is 0.435. The molecule has 1 unspecified atom stereocenters. The molecule has 1 aromatic carbocycles. The van der Waals surface area contributed by atoms with E-state index in [1.54, 1.807) is 12.4 Å². The van der Waals surface area contributed by atoms with Gasteiger partial charge in [0.15, 0.2) is 0 Å². The Bertz CT molecular complexity index is 806. The second-order valence-corrected chi connectivity index (χ2v) is 6.09. The predicted molar refractivity (Wildman–Crippen MR) is 91.6 cm³/mol. The lowest BCUT2D eigenvalue weighted by Crippen LogP contribution is -2.33. The molecule has 1 saturated heterocycles. The van der Waals surface area contributed by atoms with Crippen LogP contribution >= 0.6 is 0 Å². The Hall–Kier alpha value is -2.51. The molecular weight excluding hydrogens is 304 g/mol. The van der Waals surface area contributed by atoms with Gasteiger partial charge in [0.05, 0.1) is 29.9 Å². The lowest BCUT2D eigenvalue weighted by atomic mass is 10.3. The van der Waals surface area contributed by atoms with E-state index in [0.29, 0.717) is 19.6 Å². The predicted octanol–water partition coefficient (Wildman–Crippen LogP) is 1.04. The van der Waals surface area contributed by atoms with Crippen molar-refractivity contribution in [2.45, 2.75) is 12.6 Å². The van der Waals surface area contributed by atoms with Crippen LogP contribution in [0.25, 0.3) is 11.0 Å². The van der Waals surface area contributed by atoms with Crippen molar-refractivity contribution in [3.63, 3.8) is 0 Å². The Labute approximate surface area is 140 Å². The standard InChI is InChI=1S/C17H20N6O/c24-13-10-22(12-16-18-5-6-19-16)7-8-23(11-13)17-9-20-14-3-1-2-4-15(14)21-17/h1-6,9,13,24H,7-8,10-12H2,(H,18,19). The topological polar surface area (TPSA) is 81.2 Å². The Morgan fingerprint density at radius 3 is 2.83 bits per heavy atom. The zero-order valence-corrected chi connectivity index (χ0v) is 13.3. The number of benzene rings is 1. The van der Waals surface area contributed by atoms with Gasteiger partial charge in [-0.05, 0) is 12.1 Å². The second-order valence-electron chi connectivity index (χ2n) is 6.09. The summed E-state index contributed by atoms with van der Waals surface area (Å²) >= 11 is 0. The van der Waals surface area contributed by atoms with Gasteiger partial charge in [0.25, 0.3) is 0 Å². The van der Waals surface area contributed by atoms with E-state index in [2.05, 4.69) is 24.8 Å². The summed E-state index contributed by atoms with van der Waals surface area (Å²) in [6.07, 6.45) is 4.92. The first-order valence-electron chi connectivity index (χ1n) is 8.13. The van der Waals surface area contributed by atoms with Crippen molar-refractivity contribution in [1.29, 1.82) is 0 Å². The molecule has 4 rings (SSSR count). The van der Waals surface area contributed by atoms with Gasteiger partial charge >= 0.3 is 0 Å². The van der Waals surface area contributed by atoms with Gasteiger partial charge in [0.2, 0.25) is 0 Å². The molecule has 124 valence electrons. The van der Waals surface area contributed by atoms with E-state index in [1.807, 2.05) is 30.5 Å². The van der Waals surface area contributed by atoms with E-state index >= 15 is 0 Å². The molecule has 0 spiro atoms. The van der Waals surface area contributed by atoms with E-state index in [0.717, 1.165) is 35.8 Å². The summed E-state index contributed by atoms with van der Waals surface area (Å²) in [5.74, 6) is 1.73. The van der Waals surface area contributed by atoms with E-state index in [-0.39, 0.29) is 0 Å². The molecule has 2 aromatic heterocycles. The van der Waals surface area contributed by atoms with Gasteiger partial charge in [-0.3, -0.25) is 9.88 Å². The number of aliphatic hydroxyl groups is 1. The normalized spacial score (nSPS) is 19.5. The number of aliphatic hydroxyl groups excluding tert-OH is 1. The van der Waals surface area contributed by atoms with Crippen LogP contribution in [-0.2, 0) is 6.54 Å². The molecule has 3 heterocycles. The molecule has 0 saturated carbocycles. The zero-order valence-electron chi connectivity index (χ0n) is 13.3. The van der Waals surface area contributed by atoms with Gasteiger partial charge < -0.3 is 15.0 Å². The summed E-state index contributed by atoms with van der Waals surface area (Å²) in [5.41, 5.74) is 1.76. The molecule has 0 aliphatic carbocycles. The molecule has 1 fully saturated rings. The molecular formula is C17H20N6O. The Balaban J connectivity index is 1.51. The lowest BCUT2D eigenvalue weighted by molar-refractivity contribution is 0.128. The summed E-state index contributed by atoms with van der Waals surface area (Å²) in [5, 5.41) is 10.4. The van der Waals surface area contributed by atoms with Crippen LogP contribution in [0, 0.1) is 0 Å². The largest absolute Gasteiger partial charge is 0.390 e. The van der Waals surface area contributed by atoms with Crippen molar-refractivity contribution in [1.82, 2.24) is 24.8 Å². The molecule has 0 bridgehead atoms. The fourth-order valence-electron chi connectivity index (χ4n) is 3.10. The van der Waals surface area contributed by atoms with E-state index in [4.69, 9.17) is 4.98 Å². The highest BCUT2D eigenvalue weighted by Gasteiger charge is 2.23. The molecule has 1 atom stereocenters. The van der Waals surface area contributed by atoms with Crippen LogP contribution in [0.3, 0.4) is 0 Å². The summed E-state index contributed by atoms with van der Waals surface area (Å²) < 4.78 is 0. The number of aromatic amines is 1. The fraction of sp³-hybridized carbons (Fsp3) is 0.353. The van der Waals surface area contributed by atoms with Gasteiger partial charge in [-0.1, -0.05) is 12.1 Å². The van der Waals surface area contributed by atoms with Crippen molar-refractivity contribution in [2.24, 2.45) is 0 Å². The molecule has 0 radical (unpaired) electrons. The fourth-order valence-corrected chi connectivity index (χ4v) is 3.10. The van der Waals surface area contributed by atoms with Crippen LogP contribution in [0.1, 0.15) is 5.82 Å². The van der Waals surface area contributed by atoms with Crippen LogP contribution < -0.4 is 4.90 Å². The first-order chi connectivity index (χ1) is 11.8. The third-order valence-corrected chi connectivity index (χ3v) is 4.27. The smallest absolute Gasteiger partial charge is 0.147 e. The maximum Gasteiger partial charge on any atom is 0.147 e. The maximum atomic E-state index is 10.4. The van der Waals surface area contributed by atoms with E-state index in [9.17, 15) is 5.11 Å². The molecule has 1 aliphatic rings. The minimum atomic E-state index is -0.435. The molecule has 7 heteroatoms. The maximum absolute atomic E-state index is 10.4. The van der Waals surface area contributed by atoms with Gasteiger partial charge in [-0.25, -0.2) is 9.97 Å². The SMILES string of the molecule is OC1CN(Cc2ncc[nH]2)CCN(c2cnc3ccccc3n2)C1. The quantitative estimate of drug-likeness (QED) is 0.749. The van der Waals surface area contributed by atoms with E-state index < -0.39 is 6.10 Å². The summed E-state index contributed by atoms with van der Waals surface area (Å²) in [7, 11) is 0. The van der Waals surface area contributed by atoms with Crippen molar-refractivity contribution in [3.05, 3.63) is 48.7 Å². The molecule has 24 heavy (non-hydrogen) atoms. The molecule has 0 amide bonds. The number of anilines is 1. The number of nitrogens with zero attached hydrogens (tertiary/aromatic N) is 5. The van der Waals surface area contributed by atoms with Crippen LogP contribution in [0.4, 0.5) is 5.82 Å². The first kappa shape index (κ1) is 15.0. The van der Waals surface area contributed by atoms with Crippen molar-refractivity contribution in [3.8, 4) is 0 Å². The number of hydrogen-bond acceptors (Lipinski definition) is 6. The van der Waals surface area contributed by atoms with Crippen molar-refractivity contribution >= 4 is 16.9 Å². The number of fused-ring (bicyclic) bond motifs is 1. The van der Waals surface area contributed by atoms with E-state index in [1.165, 1.54) is 0 Å². The summed E-state index contributed by atoms with van der Waals surface area (Å²) in [6.45, 7) is 3.53. The van der Waals surface area contributed by atoms with Gasteiger partial charge in [-0.15, -0.1) is 0 Å². The third kappa shape index (κ3) is 3.22. The number of β-amino-alcohol motifs (C(OH)–C–C–N with tert-alkyl or cyclic N) is 1. The lowest BCUT2D eigenvalue weighted by Gasteiger charge is -2.22. The summed E-state index contributed by atoms with van der Waals surface area (Å²) in [4.78, 5) is 20.9. The number of para-hydroxylation sites is 2. The minimum Gasteiger partial charge on any atom is -0.390 e. The number of rotatable bonds is 3. The van der Waals surface area contributed by atoms with Crippen LogP contribution in [0.5, 0.6) is 0 Å². The number of H-pyrrole nitrogens is 1. The highest BCUT2D eigenvalue weighted by Crippen LogP contribution is 2.17. The number of hydrogen-bond donors (Lipinski definition) is 2. The van der Waals surface area contributed by atoms with Crippen LogP contribution in [0.2, 0.25) is 0 Å². The Morgan fingerprint density at radius 2 is 2.00 bits per heavy atom. The average Bonchev–Trinajstić information content (AvgIpc) is 3.03. The monoisotopic (exact) mass is 324 g/mol. The van der Waals surface area contributed by atoms with Crippen LogP contribution in [-0.4, -0.2) is 62.2 Å². The van der Waals surface area contributed by atoms with Crippen molar-refractivity contribution in [2.75, 3.05) is 31.1 Å². The van der Waals surface area contributed by atoms with Crippen LogP contribution in [0.15, 0.2) is 42.9 Å². The second kappa shape index (κ2) is 6.54. The Kier molecular flexibility index (Phi) is 4.10.